The van der Waals surface area contributed by atoms with E-state index < -0.39 is 0 Å². The predicted molar refractivity (Wildman–Crippen MR) is 81.1 cm³/mol. The summed E-state index contributed by atoms with van der Waals surface area (Å²) in [5.41, 5.74) is 1.73. The van der Waals surface area contributed by atoms with E-state index in [-0.39, 0.29) is 5.82 Å². The lowest BCUT2D eigenvalue weighted by Gasteiger charge is -2.20. The fourth-order valence-corrected chi connectivity index (χ4v) is 2.21. The fraction of sp³-hybridized carbons (Fsp3) is 0.267. The first kappa shape index (κ1) is 14.8. The van der Waals surface area contributed by atoms with Crippen LogP contribution in [-0.2, 0) is 6.54 Å². The molecule has 5 heteroatoms. The van der Waals surface area contributed by atoms with Crippen LogP contribution in [0.15, 0.2) is 36.5 Å². The van der Waals surface area contributed by atoms with E-state index in [1.807, 2.05) is 26.1 Å². The molecule has 3 nitrogen and oxygen atoms in total. The van der Waals surface area contributed by atoms with Gasteiger partial charge in [-0.1, -0.05) is 24.6 Å². The number of aromatic nitrogens is 1. The molecule has 0 saturated carbocycles. The van der Waals surface area contributed by atoms with Gasteiger partial charge in [-0.3, -0.25) is 0 Å². The normalized spacial score (nSPS) is 10.6. The van der Waals surface area contributed by atoms with Gasteiger partial charge in [-0.2, -0.15) is 0 Å². The Balaban J connectivity index is 2.24. The molecule has 0 amide bonds. The van der Waals surface area contributed by atoms with Gasteiger partial charge >= 0.3 is 0 Å². The minimum absolute atomic E-state index is 0.283. The van der Waals surface area contributed by atoms with Crippen LogP contribution < -0.4 is 10.2 Å². The Bertz CT molecular complexity index is 589. The summed E-state index contributed by atoms with van der Waals surface area (Å²) < 4.78 is 13.3. The largest absolute Gasteiger partial charge is 0.328 e. The van der Waals surface area contributed by atoms with Crippen molar-refractivity contribution in [1.29, 1.82) is 0 Å². The lowest BCUT2D eigenvalue weighted by atomic mass is 10.2. The number of pyridine rings is 1. The molecule has 0 radical (unpaired) electrons. The molecule has 20 heavy (non-hydrogen) atoms. The first-order chi connectivity index (χ1) is 9.61. The molecule has 1 aromatic carbocycles. The summed E-state index contributed by atoms with van der Waals surface area (Å²) in [7, 11) is 1.81. The fourth-order valence-electron chi connectivity index (χ4n) is 1.89. The number of hydrogen-bond acceptors (Lipinski definition) is 3. The quantitative estimate of drug-likeness (QED) is 0.910. The summed E-state index contributed by atoms with van der Waals surface area (Å²) in [4.78, 5) is 6.13. The third-order valence-corrected chi connectivity index (χ3v) is 3.25. The van der Waals surface area contributed by atoms with E-state index in [9.17, 15) is 4.39 Å². The van der Waals surface area contributed by atoms with Crippen molar-refractivity contribution >= 4 is 23.1 Å². The smallest absolute Gasteiger partial charge is 0.151 e. The molecule has 106 valence electrons. The molecule has 0 aliphatic carbocycles. The molecular weight excluding hydrogens is 277 g/mol. The lowest BCUT2D eigenvalue weighted by molar-refractivity contribution is 0.628. The molecule has 0 bridgehead atoms. The number of nitrogens with zero attached hydrogens (tertiary/aromatic N) is 2. The van der Waals surface area contributed by atoms with Crippen LogP contribution in [-0.4, -0.2) is 18.6 Å². The van der Waals surface area contributed by atoms with E-state index >= 15 is 0 Å². The van der Waals surface area contributed by atoms with E-state index in [2.05, 4.69) is 10.3 Å². The monoisotopic (exact) mass is 293 g/mol. The average Bonchev–Trinajstić information content (AvgIpc) is 2.44. The van der Waals surface area contributed by atoms with Gasteiger partial charge in [0.1, 0.15) is 5.82 Å². The van der Waals surface area contributed by atoms with Crippen LogP contribution in [0.1, 0.15) is 12.5 Å². The third kappa shape index (κ3) is 3.46. The van der Waals surface area contributed by atoms with Gasteiger partial charge in [-0.05, 0) is 36.4 Å². The van der Waals surface area contributed by atoms with Crippen molar-refractivity contribution in [2.45, 2.75) is 13.5 Å². The number of hydrogen-bond donors (Lipinski definition) is 1. The average molecular weight is 294 g/mol. The number of halogens is 2. The Morgan fingerprint density at radius 3 is 2.80 bits per heavy atom. The molecule has 0 unspecified atom stereocenters. The van der Waals surface area contributed by atoms with Gasteiger partial charge < -0.3 is 10.2 Å². The number of anilines is 2. The summed E-state index contributed by atoms with van der Waals surface area (Å²) in [6.07, 6.45) is 1.78. The molecule has 2 aromatic rings. The zero-order valence-electron chi connectivity index (χ0n) is 11.5. The van der Waals surface area contributed by atoms with Crippen LogP contribution in [0.25, 0.3) is 0 Å². The highest BCUT2D eigenvalue weighted by Crippen LogP contribution is 2.29. The van der Waals surface area contributed by atoms with Crippen molar-refractivity contribution in [3.05, 3.63) is 52.9 Å². The van der Waals surface area contributed by atoms with Crippen molar-refractivity contribution in [2.24, 2.45) is 0 Å². The number of rotatable bonds is 5. The topological polar surface area (TPSA) is 28.2 Å². The van der Waals surface area contributed by atoms with E-state index in [1.54, 1.807) is 17.2 Å². The second-order valence-corrected chi connectivity index (χ2v) is 4.88. The van der Waals surface area contributed by atoms with Crippen molar-refractivity contribution < 1.29 is 4.39 Å². The Kier molecular flexibility index (Phi) is 4.93. The number of benzene rings is 1. The SMILES string of the molecule is CCNCc1cnc(N(C)c2cccc(F)c2)c(Cl)c1. The van der Waals surface area contributed by atoms with Crippen molar-refractivity contribution in [1.82, 2.24) is 10.3 Å². The molecule has 0 aliphatic rings. The molecule has 0 spiro atoms. The highest BCUT2D eigenvalue weighted by molar-refractivity contribution is 6.33. The van der Waals surface area contributed by atoms with Crippen molar-refractivity contribution in [3.63, 3.8) is 0 Å². The Labute approximate surface area is 123 Å². The zero-order chi connectivity index (χ0) is 14.5. The van der Waals surface area contributed by atoms with Gasteiger partial charge in [-0.15, -0.1) is 0 Å². The van der Waals surface area contributed by atoms with Crippen LogP contribution in [0.3, 0.4) is 0 Å². The van der Waals surface area contributed by atoms with Gasteiger partial charge in [0.15, 0.2) is 5.82 Å². The van der Waals surface area contributed by atoms with Gasteiger partial charge in [0, 0.05) is 25.5 Å². The predicted octanol–water partition coefficient (Wildman–Crippen LogP) is 3.75. The number of nitrogens with one attached hydrogen (secondary N) is 1. The van der Waals surface area contributed by atoms with Gasteiger partial charge in [0.05, 0.1) is 5.02 Å². The molecule has 1 heterocycles. The molecule has 1 N–H and O–H groups in total. The van der Waals surface area contributed by atoms with Gasteiger partial charge in [0.2, 0.25) is 0 Å². The molecule has 0 aliphatic heterocycles. The molecular formula is C15H17ClFN3. The lowest BCUT2D eigenvalue weighted by Crippen LogP contribution is -2.14. The third-order valence-electron chi connectivity index (χ3n) is 2.97. The first-order valence-electron chi connectivity index (χ1n) is 6.46. The molecule has 2 rings (SSSR count). The first-order valence-corrected chi connectivity index (χ1v) is 6.84. The highest BCUT2D eigenvalue weighted by Gasteiger charge is 2.11. The highest BCUT2D eigenvalue weighted by atomic mass is 35.5. The standard InChI is InChI=1S/C15H17ClFN3/c1-3-18-9-11-7-14(16)15(19-10-11)20(2)13-6-4-5-12(17)8-13/h4-8,10,18H,3,9H2,1-2H3. The van der Waals surface area contributed by atoms with Crippen LogP contribution in [0, 0.1) is 5.82 Å². The summed E-state index contributed by atoms with van der Waals surface area (Å²) in [5, 5.41) is 3.77. The summed E-state index contributed by atoms with van der Waals surface area (Å²) in [6, 6.07) is 8.21. The molecule has 1 aromatic heterocycles. The second-order valence-electron chi connectivity index (χ2n) is 4.47. The van der Waals surface area contributed by atoms with E-state index in [1.165, 1.54) is 12.1 Å². The Hall–Kier alpha value is -1.65. The maximum absolute atomic E-state index is 13.3. The van der Waals surface area contributed by atoms with Crippen molar-refractivity contribution in [3.8, 4) is 0 Å². The molecule has 0 fully saturated rings. The van der Waals surface area contributed by atoms with Gasteiger partial charge in [0.25, 0.3) is 0 Å². The van der Waals surface area contributed by atoms with E-state index in [0.29, 0.717) is 16.5 Å². The Morgan fingerprint density at radius 2 is 2.15 bits per heavy atom. The summed E-state index contributed by atoms with van der Waals surface area (Å²) in [5.74, 6) is 0.326. The molecule has 0 atom stereocenters. The minimum atomic E-state index is -0.283. The van der Waals surface area contributed by atoms with Crippen LogP contribution >= 0.6 is 11.6 Å². The van der Waals surface area contributed by atoms with Crippen LogP contribution in [0.2, 0.25) is 5.02 Å². The van der Waals surface area contributed by atoms with E-state index in [4.69, 9.17) is 11.6 Å². The van der Waals surface area contributed by atoms with E-state index in [0.717, 1.165) is 18.7 Å². The summed E-state index contributed by atoms with van der Waals surface area (Å²) >= 11 is 6.27. The van der Waals surface area contributed by atoms with Gasteiger partial charge in [-0.25, -0.2) is 9.37 Å². The Morgan fingerprint density at radius 1 is 1.35 bits per heavy atom. The second kappa shape index (κ2) is 6.68. The summed E-state index contributed by atoms with van der Waals surface area (Å²) in [6.45, 7) is 3.66. The molecule has 0 saturated heterocycles. The zero-order valence-corrected chi connectivity index (χ0v) is 12.3. The minimum Gasteiger partial charge on any atom is -0.328 e. The maximum Gasteiger partial charge on any atom is 0.151 e. The van der Waals surface area contributed by atoms with Crippen LogP contribution in [0.5, 0.6) is 0 Å². The maximum atomic E-state index is 13.3. The van der Waals surface area contributed by atoms with Crippen LogP contribution in [0.4, 0.5) is 15.9 Å². The van der Waals surface area contributed by atoms with Crippen molar-refractivity contribution in [2.75, 3.05) is 18.5 Å².